The van der Waals surface area contributed by atoms with E-state index in [1.54, 1.807) is 18.5 Å². The Kier molecular flexibility index (Phi) is 12.2. The fourth-order valence-corrected chi connectivity index (χ4v) is 8.98. The summed E-state index contributed by atoms with van der Waals surface area (Å²) in [4.78, 5) is 73.1. The predicted molar refractivity (Wildman–Crippen MR) is 229 cm³/mol. The Bertz CT molecular complexity index is 2500. The second-order valence-corrected chi connectivity index (χ2v) is 16.9. The standard InChI is InChI=1S/C45H48F3N11O5/c46-45(47,48)37-3-1-2-36(54-37)44(63)53-31-22-33(23-31)59-27-51-40-41(49-26-50-42(40)59)52-30-6-8-32(9-7-30)57-20-18-56(19-21-57)24-28-14-16-58(17-15-28)39(61)25-64-34-10-4-29(5-11-34)35-12-13-38(60)55-43(35)62/h1-11,26-28,31,33,35H,12-25H2,(H,53,63)(H,49,50,52)(H,55,60,62)/t31?,33?,35-/m0/s1. The third-order valence-corrected chi connectivity index (χ3v) is 12.7. The van der Waals surface area contributed by atoms with E-state index in [0.29, 0.717) is 67.4 Å². The lowest BCUT2D eigenvalue weighted by Crippen LogP contribution is -2.49. The van der Waals surface area contributed by atoms with Gasteiger partial charge in [0, 0.05) is 75.7 Å². The van der Waals surface area contributed by atoms with Crippen LogP contribution in [0.3, 0.4) is 0 Å². The number of likely N-dealkylation sites (tertiary alicyclic amines) is 1. The molecule has 9 rings (SSSR count). The third kappa shape index (κ3) is 9.63. The second-order valence-electron chi connectivity index (χ2n) is 16.9. The van der Waals surface area contributed by atoms with Crippen LogP contribution in [0.4, 0.5) is 30.4 Å². The Morgan fingerprint density at radius 3 is 2.33 bits per heavy atom. The predicted octanol–water partition coefficient (Wildman–Crippen LogP) is 5.08. The molecule has 1 saturated carbocycles. The number of piperazine rings is 1. The number of rotatable bonds is 12. The number of ether oxygens (including phenoxy) is 1. The molecule has 1 aliphatic carbocycles. The zero-order valence-electron chi connectivity index (χ0n) is 35.0. The van der Waals surface area contributed by atoms with Crippen LogP contribution < -0.4 is 25.6 Å². The lowest BCUT2D eigenvalue weighted by molar-refractivity contribution is -0.141. The molecule has 0 unspecified atom stereocenters. The first-order valence-electron chi connectivity index (χ1n) is 21.6. The minimum absolute atomic E-state index is 0.00375. The molecule has 19 heteroatoms. The van der Waals surface area contributed by atoms with Crippen LogP contribution in [-0.2, 0) is 20.6 Å². The lowest BCUT2D eigenvalue weighted by Gasteiger charge is -2.39. The van der Waals surface area contributed by atoms with Gasteiger partial charge in [0.05, 0.1) is 12.2 Å². The maximum Gasteiger partial charge on any atom is 0.433 e. The summed E-state index contributed by atoms with van der Waals surface area (Å²) >= 11 is 0. The highest BCUT2D eigenvalue weighted by Crippen LogP contribution is 2.36. The van der Waals surface area contributed by atoms with Gasteiger partial charge in [-0.25, -0.2) is 19.9 Å². The molecule has 3 aromatic heterocycles. The molecule has 3 N–H and O–H groups in total. The second kappa shape index (κ2) is 18.2. The first kappa shape index (κ1) is 42.7. The Balaban J connectivity index is 0.690. The van der Waals surface area contributed by atoms with Gasteiger partial charge in [-0.15, -0.1) is 0 Å². The topological polar surface area (TPSA) is 180 Å². The zero-order chi connectivity index (χ0) is 44.4. The number of carbonyl (C=O) groups excluding carboxylic acids is 4. The van der Waals surface area contributed by atoms with Gasteiger partial charge in [0.25, 0.3) is 11.8 Å². The molecule has 0 spiro atoms. The first-order chi connectivity index (χ1) is 30.9. The highest BCUT2D eigenvalue weighted by Gasteiger charge is 2.36. The zero-order valence-corrected chi connectivity index (χ0v) is 35.0. The van der Waals surface area contributed by atoms with Crippen molar-refractivity contribution in [2.75, 3.05) is 62.6 Å². The van der Waals surface area contributed by atoms with Gasteiger partial charge in [-0.1, -0.05) is 18.2 Å². The number of nitrogens with zero attached hydrogens (tertiary/aromatic N) is 8. The van der Waals surface area contributed by atoms with E-state index in [4.69, 9.17) is 4.74 Å². The third-order valence-electron chi connectivity index (χ3n) is 12.7. The Labute approximate surface area is 366 Å². The van der Waals surface area contributed by atoms with Crippen LogP contribution in [0.1, 0.15) is 72.2 Å². The Morgan fingerprint density at radius 2 is 1.61 bits per heavy atom. The fraction of sp³-hybridized carbons (Fsp3) is 0.422. The van der Waals surface area contributed by atoms with E-state index in [9.17, 15) is 32.3 Å². The van der Waals surface area contributed by atoms with Gasteiger partial charge in [-0.3, -0.25) is 29.4 Å². The number of benzene rings is 2. The average molecular weight is 880 g/mol. The van der Waals surface area contributed by atoms with E-state index < -0.39 is 17.8 Å². The van der Waals surface area contributed by atoms with Crippen LogP contribution in [0.25, 0.3) is 11.2 Å². The van der Waals surface area contributed by atoms with E-state index in [-0.39, 0.29) is 48.0 Å². The van der Waals surface area contributed by atoms with Crippen molar-refractivity contribution >= 4 is 52.0 Å². The number of nitrogens with one attached hydrogen (secondary N) is 3. The Morgan fingerprint density at radius 1 is 0.859 bits per heavy atom. The van der Waals surface area contributed by atoms with Gasteiger partial charge in [0.1, 0.15) is 23.5 Å². The summed E-state index contributed by atoms with van der Waals surface area (Å²) in [5.74, 6) is 0.0915. The number of aromatic nitrogens is 5. The number of fused-ring (bicyclic) bond motifs is 1. The fourth-order valence-electron chi connectivity index (χ4n) is 8.98. The monoisotopic (exact) mass is 879 g/mol. The minimum atomic E-state index is -4.63. The first-order valence-corrected chi connectivity index (χ1v) is 21.6. The van der Waals surface area contributed by atoms with E-state index in [2.05, 4.69) is 57.8 Å². The normalized spacial score (nSPS) is 21.0. The molecule has 3 saturated heterocycles. The highest BCUT2D eigenvalue weighted by atomic mass is 19.4. The number of halogens is 3. The number of pyridine rings is 1. The van der Waals surface area contributed by atoms with Crippen molar-refractivity contribution in [3.05, 3.63) is 96.3 Å². The number of alkyl halides is 3. The van der Waals surface area contributed by atoms with Crippen LogP contribution in [0.5, 0.6) is 5.75 Å². The molecule has 4 fully saturated rings. The summed E-state index contributed by atoms with van der Waals surface area (Å²) in [5.41, 5.74) is 2.66. The summed E-state index contributed by atoms with van der Waals surface area (Å²) < 4.78 is 46.9. The maximum absolute atomic E-state index is 13.1. The number of imide groups is 1. The van der Waals surface area contributed by atoms with Crippen LogP contribution in [0, 0.1) is 5.92 Å². The summed E-state index contributed by atoms with van der Waals surface area (Å²) in [6.45, 7) is 6.13. The van der Waals surface area contributed by atoms with E-state index in [1.165, 1.54) is 18.5 Å². The van der Waals surface area contributed by atoms with Crippen molar-refractivity contribution < 1.29 is 37.1 Å². The van der Waals surface area contributed by atoms with Crippen LogP contribution >= 0.6 is 0 Å². The molecule has 3 aliphatic heterocycles. The summed E-state index contributed by atoms with van der Waals surface area (Å²) in [7, 11) is 0. The number of hydrogen-bond acceptors (Lipinski definition) is 12. The van der Waals surface area contributed by atoms with E-state index in [0.717, 1.165) is 68.6 Å². The maximum atomic E-state index is 13.1. The molecule has 0 radical (unpaired) electrons. The van der Waals surface area contributed by atoms with Gasteiger partial charge < -0.3 is 29.7 Å². The van der Waals surface area contributed by atoms with Gasteiger partial charge in [0.15, 0.2) is 23.6 Å². The van der Waals surface area contributed by atoms with Crippen molar-refractivity contribution in [2.45, 2.75) is 62.7 Å². The molecule has 4 aliphatic rings. The van der Waals surface area contributed by atoms with Gasteiger partial charge in [-0.05, 0) is 92.1 Å². The molecule has 0 bridgehead atoms. The largest absolute Gasteiger partial charge is 0.484 e. The van der Waals surface area contributed by atoms with Crippen molar-refractivity contribution in [3.63, 3.8) is 0 Å². The quantitative estimate of drug-likeness (QED) is 0.142. The van der Waals surface area contributed by atoms with Crippen molar-refractivity contribution in [1.29, 1.82) is 0 Å². The highest BCUT2D eigenvalue weighted by molar-refractivity contribution is 6.01. The molecule has 4 amide bonds. The van der Waals surface area contributed by atoms with Crippen LogP contribution in [0.2, 0.25) is 0 Å². The molecule has 2 aromatic carbocycles. The van der Waals surface area contributed by atoms with Crippen molar-refractivity contribution in [1.82, 2.24) is 44.9 Å². The van der Waals surface area contributed by atoms with Gasteiger partial charge in [-0.2, -0.15) is 13.2 Å². The van der Waals surface area contributed by atoms with Gasteiger partial charge >= 0.3 is 6.18 Å². The molecule has 16 nitrogen and oxygen atoms in total. The number of hydrogen-bond donors (Lipinski definition) is 3. The smallest absolute Gasteiger partial charge is 0.433 e. The lowest BCUT2D eigenvalue weighted by atomic mass is 9.86. The molecule has 5 aromatic rings. The molecular formula is C45H48F3N11O5. The summed E-state index contributed by atoms with van der Waals surface area (Å²) in [5, 5.41) is 8.55. The van der Waals surface area contributed by atoms with E-state index >= 15 is 0 Å². The van der Waals surface area contributed by atoms with Crippen LogP contribution in [0.15, 0.2) is 79.4 Å². The molecule has 1 atom stereocenters. The number of carbonyl (C=O) groups is 4. The molecule has 6 heterocycles. The van der Waals surface area contributed by atoms with Crippen LogP contribution in [-0.4, -0.2) is 116 Å². The number of piperidine rings is 2. The summed E-state index contributed by atoms with van der Waals surface area (Å²) in [6.07, 6.45) is 2.38. The molecular weight excluding hydrogens is 832 g/mol. The number of anilines is 3. The molecule has 334 valence electrons. The minimum Gasteiger partial charge on any atom is -0.484 e. The van der Waals surface area contributed by atoms with Gasteiger partial charge in [0.2, 0.25) is 11.8 Å². The van der Waals surface area contributed by atoms with Crippen molar-refractivity contribution in [3.8, 4) is 5.75 Å². The number of amides is 4. The summed E-state index contributed by atoms with van der Waals surface area (Å²) in [6, 6.07) is 18.4. The Hall–Kier alpha value is -6.63. The number of imidazole rings is 1. The SMILES string of the molecule is O=C1CC[C@@H](c2ccc(OCC(=O)N3CCC(CN4CCN(c5ccc(Nc6ncnc7c6ncn7C6CC(NC(=O)c7cccc(C(F)(F)F)n7)C6)cc5)CC4)CC3)cc2)C(=O)N1. The van der Waals surface area contributed by atoms with E-state index in [1.807, 2.05) is 33.7 Å². The molecule has 64 heavy (non-hydrogen) atoms. The van der Waals surface area contributed by atoms with Crippen molar-refractivity contribution in [2.24, 2.45) is 5.92 Å². The average Bonchev–Trinajstić information content (AvgIpc) is 3.72.